The van der Waals surface area contributed by atoms with Crippen LogP contribution in [0.1, 0.15) is 38.2 Å². The minimum atomic E-state index is -0.701. The van der Waals surface area contributed by atoms with Gasteiger partial charge in [-0.25, -0.2) is 4.98 Å². The van der Waals surface area contributed by atoms with E-state index in [9.17, 15) is 5.11 Å². The highest BCUT2D eigenvalue weighted by Crippen LogP contribution is 2.32. The second kappa shape index (κ2) is 5.45. The maximum absolute atomic E-state index is 10.5. The molecule has 0 aromatic carbocycles. The summed E-state index contributed by atoms with van der Waals surface area (Å²) in [6, 6.07) is 3.64. The molecule has 4 N–H and O–H groups in total. The Labute approximate surface area is 113 Å². The highest BCUT2D eigenvalue weighted by atomic mass is 16.3. The average molecular weight is 260 g/mol. The molecule has 0 saturated heterocycles. The van der Waals surface area contributed by atoms with Crippen LogP contribution >= 0.6 is 0 Å². The summed E-state index contributed by atoms with van der Waals surface area (Å²) < 4.78 is 0. The van der Waals surface area contributed by atoms with Gasteiger partial charge in [0.25, 0.3) is 0 Å². The van der Waals surface area contributed by atoms with Crippen molar-refractivity contribution < 1.29 is 5.11 Å². The lowest BCUT2D eigenvalue weighted by Crippen LogP contribution is -2.41. The Kier molecular flexibility index (Phi) is 3.91. The lowest BCUT2D eigenvalue weighted by Gasteiger charge is -2.35. The minimum absolute atomic E-state index is 0.410. The number of nitrogens with one attached hydrogen (secondary N) is 1. The molecule has 1 saturated carbocycles. The summed E-state index contributed by atoms with van der Waals surface area (Å²) in [5, 5.41) is 22.6. The monoisotopic (exact) mass is 260 g/mol. The van der Waals surface area contributed by atoms with Gasteiger partial charge in [0.05, 0.1) is 23.0 Å². The first-order chi connectivity index (χ1) is 9.02. The van der Waals surface area contributed by atoms with Gasteiger partial charge in [-0.3, -0.25) is 0 Å². The molecule has 5 heteroatoms. The zero-order valence-electron chi connectivity index (χ0n) is 11.2. The normalized spacial score (nSPS) is 26.7. The van der Waals surface area contributed by atoms with Gasteiger partial charge in [0.1, 0.15) is 11.9 Å². The maximum Gasteiger partial charge on any atom is 0.144 e. The first-order valence-corrected chi connectivity index (χ1v) is 6.64. The van der Waals surface area contributed by atoms with Crippen LogP contribution in [0.25, 0.3) is 0 Å². The summed E-state index contributed by atoms with van der Waals surface area (Å²) in [7, 11) is 0. The number of aromatic nitrogens is 1. The molecule has 5 nitrogen and oxygen atoms in total. The molecule has 1 aliphatic rings. The van der Waals surface area contributed by atoms with E-state index in [4.69, 9.17) is 11.0 Å². The van der Waals surface area contributed by atoms with Gasteiger partial charge in [-0.2, -0.15) is 5.26 Å². The third kappa shape index (κ3) is 3.36. The van der Waals surface area contributed by atoms with Crippen LogP contribution in [0.4, 0.5) is 11.5 Å². The Bertz CT molecular complexity index is 497. The van der Waals surface area contributed by atoms with Gasteiger partial charge in [0.15, 0.2) is 0 Å². The molecule has 1 aromatic rings. The molecule has 2 atom stereocenters. The van der Waals surface area contributed by atoms with Crippen LogP contribution in [0, 0.1) is 17.2 Å². The fourth-order valence-electron chi connectivity index (χ4n) is 2.75. The number of nitrogens with zero attached hydrogens (tertiary/aromatic N) is 2. The third-order valence-corrected chi connectivity index (χ3v) is 3.68. The van der Waals surface area contributed by atoms with E-state index in [1.165, 1.54) is 12.6 Å². The first kappa shape index (κ1) is 13.6. The predicted octanol–water partition coefficient (Wildman–Crippen LogP) is 1.89. The molecule has 0 radical (unpaired) electrons. The molecule has 0 bridgehead atoms. The fraction of sp³-hybridized carbons (Fsp3) is 0.571. The van der Waals surface area contributed by atoms with Gasteiger partial charge in [-0.05, 0) is 24.8 Å². The van der Waals surface area contributed by atoms with Crippen LogP contribution < -0.4 is 11.1 Å². The van der Waals surface area contributed by atoms with Gasteiger partial charge in [0, 0.05) is 6.54 Å². The van der Waals surface area contributed by atoms with Crippen LogP contribution in [0.5, 0.6) is 0 Å². The number of nitrogens with two attached hydrogens (primary N) is 1. The van der Waals surface area contributed by atoms with Crippen molar-refractivity contribution in [3.8, 4) is 6.07 Å². The Balaban J connectivity index is 2.04. The SMILES string of the molecule is CC1CCCC(O)(CNc2ncc(N)cc2C#N)C1. The molecule has 2 rings (SSSR count). The van der Waals surface area contributed by atoms with E-state index in [2.05, 4.69) is 23.3 Å². The predicted molar refractivity (Wildman–Crippen MR) is 74.4 cm³/mol. The van der Waals surface area contributed by atoms with E-state index in [-0.39, 0.29) is 0 Å². The topological polar surface area (TPSA) is 95.0 Å². The third-order valence-electron chi connectivity index (χ3n) is 3.68. The number of nitriles is 1. The van der Waals surface area contributed by atoms with Crippen LogP contribution in [0.2, 0.25) is 0 Å². The standard InChI is InChI=1S/C14H20N4O/c1-10-3-2-4-14(19,6-10)9-18-13-11(7-15)5-12(16)8-17-13/h5,8,10,19H,2-4,6,9,16H2,1H3,(H,17,18). The highest BCUT2D eigenvalue weighted by Gasteiger charge is 2.32. The second-order valence-corrected chi connectivity index (χ2v) is 5.56. The zero-order valence-corrected chi connectivity index (χ0v) is 11.2. The van der Waals surface area contributed by atoms with Crippen molar-refractivity contribution in [1.29, 1.82) is 5.26 Å². The van der Waals surface area contributed by atoms with Crippen molar-refractivity contribution in [3.63, 3.8) is 0 Å². The summed E-state index contributed by atoms with van der Waals surface area (Å²) in [5.41, 5.74) is 5.77. The molecule has 1 aromatic heterocycles. The van der Waals surface area contributed by atoms with Gasteiger partial charge in [0.2, 0.25) is 0 Å². The number of aliphatic hydroxyl groups is 1. The maximum atomic E-state index is 10.5. The van der Waals surface area contributed by atoms with Crippen molar-refractivity contribution in [2.24, 2.45) is 5.92 Å². The van der Waals surface area contributed by atoms with E-state index in [1.54, 1.807) is 6.07 Å². The summed E-state index contributed by atoms with van der Waals surface area (Å²) in [6.45, 7) is 2.58. The molecule has 1 fully saturated rings. The van der Waals surface area contributed by atoms with Crippen molar-refractivity contribution >= 4 is 11.5 Å². The number of nitrogen functional groups attached to an aromatic ring is 1. The highest BCUT2D eigenvalue weighted by molar-refractivity contribution is 5.57. The van der Waals surface area contributed by atoms with Crippen LogP contribution in [0.15, 0.2) is 12.3 Å². The zero-order chi connectivity index (χ0) is 13.9. The Hall–Kier alpha value is -1.80. The van der Waals surface area contributed by atoms with Crippen LogP contribution in [0.3, 0.4) is 0 Å². The minimum Gasteiger partial charge on any atom is -0.397 e. The number of pyridine rings is 1. The summed E-state index contributed by atoms with van der Waals surface area (Å²) in [4.78, 5) is 4.11. The molecular weight excluding hydrogens is 240 g/mol. The molecule has 2 unspecified atom stereocenters. The van der Waals surface area contributed by atoms with Gasteiger partial charge >= 0.3 is 0 Å². The van der Waals surface area contributed by atoms with E-state index >= 15 is 0 Å². The van der Waals surface area contributed by atoms with Gasteiger partial charge < -0.3 is 16.2 Å². The molecule has 19 heavy (non-hydrogen) atoms. The molecule has 0 spiro atoms. The molecule has 1 heterocycles. The summed E-state index contributed by atoms with van der Waals surface area (Å²) in [5.74, 6) is 1.03. The molecule has 0 amide bonds. The number of hydrogen-bond donors (Lipinski definition) is 3. The second-order valence-electron chi connectivity index (χ2n) is 5.56. The van der Waals surface area contributed by atoms with E-state index in [0.717, 1.165) is 19.3 Å². The quantitative estimate of drug-likeness (QED) is 0.771. The fourth-order valence-corrected chi connectivity index (χ4v) is 2.75. The van der Waals surface area contributed by atoms with E-state index in [1.807, 2.05) is 0 Å². The first-order valence-electron chi connectivity index (χ1n) is 6.64. The van der Waals surface area contributed by atoms with Crippen LogP contribution in [-0.4, -0.2) is 22.2 Å². The Morgan fingerprint density at radius 3 is 3.16 bits per heavy atom. The summed E-state index contributed by atoms with van der Waals surface area (Å²) >= 11 is 0. The average Bonchev–Trinajstić information content (AvgIpc) is 2.37. The lowest BCUT2D eigenvalue weighted by atomic mass is 9.79. The summed E-state index contributed by atoms with van der Waals surface area (Å²) in [6.07, 6.45) is 5.31. The van der Waals surface area contributed by atoms with Crippen LogP contribution in [-0.2, 0) is 0 Å². The largest absolute Gasteiger partial charge is 0.397 e. The van der Waals surface area contributed by atoms with Gasteiger partial charge in [-0.15, -0.1) is 0 Å². The van der Waals surface area contributed by atoms with Crippen molar-refractivity contribution in [3.05, 3.63) is 17.8 Å². The smallest absolute Gasteiger partial charge is 0.144 e. The molecule has 102 valence electrons. The number of anilines is 2. The molecular formula is C14H20N4O. The van der Waals surface area contributed by atoms with Crippen molar-refractivity contribution in [2.45, 2.75) is 38.2 Å². The van der Waals surface area contributed by atoms with E-state index < -0.39 is 5.60 Å². The van der Waals surface area contributed by atoms with Crippen molar-refractivity contribution in [2.75, 3.05) is 17.6 Å². The lowest BCUT2D eigenvalue weighted by molar-refractivity contribution is -0.000827. The Morgan fingerprint density at radius 2 is 2.47 bits per heavy atom. The molecule has 0 aliphatic heterocycles. The van der Waals surface area contributed by atoms with E-state index in [0.29, 0.717) is 29.5 Å². The molecule has 1 aliphatic carbocycles. The Morgan fingerprint density at radius 1 is 1.68 bits per heavy atom. The van der Waals surface area contributed by atoms with Crippen molar-refractivity contribution in [1.82, 2.24) is 4.98 Å². The number of hydrogen-bond acceptors (Lipinski definition) is 5. The number of rotatable bonds is 3. The van der Waals surface area contributed by atoms with Gasteiger partial charge in [-0.1, -0.05) is 19.8 Å².